The highest BCUT2D eigenvalue weighted by Crippen LogP contribution is 2.53. The lowest BCUT2D eigenvalue weighted by Crippen LogP contribution is -2.33. The monoisotopic (exact) mass is 367 g/mol. The van der Waals surface area contributed by atoms with Crippen LogP contribution in [-0.4, -0.2) is 5.11 Å². The van der Waals surface area contributed by atoms with E-state index in [1.54, 1.807) is 30.3 Å². The number of nitrogens with zero attached hydrogens (tertiary/aromatic N) is 1. The molecule has 106 valence electrons. The Morgan fingerprint density at radius 2 is 2.05 bits per heavy atom. The molecule has 0 fully saturated rings. The van der Waals surface area contributed by atoms with Gasteiger partial charge in [-0.2, -0.15) is 5.26 Å². The SMILES string of the molecule is N#C[C@@]1(c2ccccc2)Oc2cc(F)c(Cl)c(Br)c2[C@H]1O. The summed E-state index contributed by atoms with van der Waals surface area (Å²) in [4.78, 5) is 0. The molecule has 1 aliphatic rings. The topological polar surface area (TPSA) is 53.2 Å². The van der Waals surface area contributed by atoms with Gasteiger partial charge in [0.05, 0.1) is 5.02 Å². The van der Waals surface area contributed by atoms with Crippen LogP contribution >= 0.6 is 27.5 Å². The summed E-state index contributed by atoms with van der Waals surface area (Å²) in [6.45, 7) is 0. The fourth-order valence-corrected chi connectivity index (χ4v) is 3.17. The van der Waals surface area contributed by atoms with Crippen molar-refractivity contribution in [2.75, 3.05) is 0 Å². The first-order chi connectivity index (χ1) is 10.0. The lowest BCUT2D eigenvalue weighted by Gasteiger charge is -2.24. The molecule has 1 heterocycles. The van der Waals surface area contributed by atoms with Gasteiger partial charge in [0.15, 0.2) is 0 Å². The van der Waals surface area contributed by atoms with Gasteiger partial charge in [-0.05, 0) is 15.9 Å². The zero-order valence-electron chi connectivity index (χ0n) is 10.5. The third-order valence-corrected chi connectivity index (χ3v) is 4.88. The molecule has 21 heavy (non-hydrogen) atoms. The smallest absolute Gasteiger partial charge is 0.249 e. The average molecular weight is 369 g/mol. The van der Waals surface area contributed by atoms with E-state index < -0.39 is 17.5 Å². The number of hydrogen-bond donors (Lipinski definition) is 1. The van der Waals surface area contributed by atoms with Crippen molar-refractivity contribution >= 4 is 27.5 Å². The van der Waals surface area contributed by atoms with Gasteiger partial charge in [-0.3, -0.25) is 0 Å². The van der Waals surface area contributed by atoms with E-state index >= 15 is 0 Å². The molecule has 2 aromatic carbocycles. The highest BCUT2D eigenvalue weighted by Gasteiger charge is 2.51. The summed E-state index contributed by atoms with van der Waals surface area (Å²) in [5.41, 5.74) is -0.866. The van der Waals surface area contributed by atoms with Crippen LogP contribution in [0.5, 0.6) is 5.75 Å². The summed E-state index contributed by atoms with van der Waals surface area (Å²) in [5.74, 6) is -0.585. The lowest BCUT2D eigenvalue weighted by molar-refractivity contribution is 0.0113. The zero-order valence-corrected chi connectivity index (χ0v) is 12.8. The highest BCUT2D eigenvalue weighted by atomic mass is 79.9. The van der Waals surface area contributed by atoms with Crippen LogP contribution in [0.2, 0.25) is 5.02 Å². The number of benzene rings is 2. The standard InChI is InChI=1S/C15H8BrClFNO2/c16-12-11-10(6-9(18)13(12)17)21-15(7-19,14(11)20)8-4-2-1-3-5-8/h1-6,14,20H/t14-,15+/m1/s1. The van der Waals surface area contributed by atoms with Crippen LogP contribution in [0.3, 0.4) is 0 Å². The van der Waals surface area contributed by atoms with Crippen LogP contribution in [0.4, 0.5) is 4.39 Å². The number of rotatable bonds is 1. The first-order valence-corrected chi connectivity index (χ1v) is 7.19. The van der Waals surface area contributed by atoms with Gasteiger partial charge in [-0.25, -0.2) is 4.39 Å². The molecule has 1 aliphatic heterocycles. The van der Waals surface area contributed by atoms with E-state index in [4.69, 9.17) is 16.3 Å². The Balaban J connectivity index is 2.22. The maximum Gasteiger partial charge on any atom is 0.249 e. The van der Waals surface area contributed by atoms with Gasteiger partial charge in [-0.15, -0.1) is 0 Å². The summed E-state index contributed by atoms with van der Waals surface area (Å²) in [6.07, 6.45) is -1.28. The van der Waals surface area contributed by atoms with E-state index in [2.05, 4.69) is 15.9 Å². The van der Waals surface area contributed by atoms with Gasteiger partial charge in [0.1, 0.15) is 23.7 Å². The van der Waals surface area contributed by atoms with Crippen molar-refractivity contribution < 1.29 is 14.2 Å². The Bertz CT molecular complexity index is 763. The molecule has 0 saturated heterocycles. The van der Waals surface area contributed by atoms with Crippen LogP contribution < -0.4 is 4.74 Å². The predicted octanol–water partition coefficient (Wildman–Crippen LogP) is 4.09. The Labute approximate surface area is 133 Å². The van der Waals surface area contributed by atoms with Gasteiger partial charge in [-0.1, -0.05) is 41.9 Å². The van der Waals surface area contributed by atoms with E-state index in [0.29, 0.717) is 5.56 Å². The van der Waals surface area contributed by atoms with E-state index in [-0.39, 0.29) is 20.8 Å². The lowest BCUT2D eigenvalue weighted by atomic mass is 9.88. The molecule has 2 aromatic rings. The molecule has 0 radical (unpaired) electrons. The van der Waals surface area contributed by atoms with E-state index in [9.17, 15) is 14.8 Å². The molecule has 0 unspecified atom stereocenters. The van der Waals surface area contributed by atoms with Crippen LogP contribution in [0.15, 0.2) is 40.9 Å². The van der Waals surface area contributed by atoms with Crippen LogP contribution in [0, 0.1) is 17.1 Å². The fourth-order valence-electron chi connectivity index (χ4n) is 2.41. The second kappa shape index (κ2) is 4.99. The van der Waals surface area contributed by atoms with Crippen molar-refractivity contribution in [2.24, 2.45) is 0 Å². The Hall–Kier alpha value is -1.61. The second-order valence-corrected chi connectivity index (χ2v) is 5.79. The number of aliphatic hydroxyl groups is 1. The quantitative estimate of drug-likeness (QED) is 0.772. The van der Waals surface area contributed by atoms with Gasteiger partial charge < -0.3 is 9.84 Å². The molecular formula is C15H8BrClFNO2. The summed E-state index contributed by atoms with van der Waals surface area (Å²) >= 11 is 8.99. The van der Waals surface area contributed by atoms with Crippen molar-refractivity contribution in [2.45, 2.75) is 11.7 Å². The molecule has 3 nitrogen and oxygen atoms in total. The molecule has 0 aliphatic carbocycles. The van der Waals surface area contributed by atoms with Gasteiger partial charge >= 0.3 is 0 Å². The Kier molecular flexibility index (Phi) is 3.40. The number of hydrogen-bond acceptors (Lipinski definition) is 3. The van der Waals surface area contributed by atoms with Crippen molar-refractivity contribution in [3.05, 3.63) is 62.8 Å². The zero-order chi connectivity index (χ0) is 15.2. The minimum atomic E-state index is -1.62. The summed E-state index contributed by atoms with van der Waals surface area (Å²) in [5, 5.41) is 20.0. The Morgan fingerprint density at radius 1 is 1.38 bits per heavy atom. The first kappa shape index (κ1) is 14.3. The first-order valence-electron chi connectivity index (χ1n) is 6.02. The second-order valence-electron chi connectivity index (χ2n) is 4.62. The van der Waals surface area contributed by atoms with E-state index in [1.165, 1.54) is 0 Å². The molecule has 2 atom stereocenters. The molecule has 6 heteroatoms. The summed E-state index contributed by atoms with van der Waals surface area (Å²) in [6, 6.07) is 11.7. The molecule has 0 spiro atoms. The largest absolute Gasteiger partial charge is 0.464 e. The number of fused-ring (bicyclic) bond motifs is 1. The fraction of sp³-hybridized carbons (Fsp3) is 0.133. The molecule has 0 saturated carbocycles. The van der Waals surface area contributed by atoms with Crippen molar-refractivity contribution in [1.82, 2.24) is 0 Å². The predicted molar refractivity (Wildman–Crippen MR) is 78.4 cm³/mol. The van der Waals surface area contributed by atoms with Crippen LogP contribution in [0.1, 0.15) is 17.2 Å². The minimum absolute atomic E-state index is 0.0988. The summed E-state index contributed by atoms with van der Waals surface area (Å²) in [7, 11) is 0. The normalized spacial score (nSPS) is 23.3. The molecular weight excluding hydrogens is 361 g/mol. The number of nitriles is 1. The third-order valence-electron chi connectivity index (χ3n) is 3.46. The molecule has 0 bridgehead atoms. The molecule has 0 aromatic heterocycles. The van der Waals surface area contributed by atoms with E-state index in [1.807, 2.05) is 6.07 Å². The number of aliphatic hydroxyl groups excluding tert-OH is 1. The third kappa shape index (κ3) is 1.95. The maximum absolute atomic E-state index is 13.7. The van der Waals surface area contributed by atoms with Crippen molar-refractivity contribution in [3.63, 3.8) is 0 Å². The molecule has 3 rings (SSSR count). The summed E-state index contributed by atoms with van der Waals surface area (Å²) < 4.78 is 19.5. The highest BCUT2D eigenvalue weighted by molar-refractivity contribution is 9.10. The van der Waals surface area contributed by atoms with Crippen LogP contribution in [0.25, 0.3) is 0 Å². The molecule has 1 N–H and O–H groups in total. The van der Waals surface area contributed by atoms with Crippen LogP contribution in [-0.2, 0) is 5.60 Å². The van der Waals surface area contributed by atoms with E-state index in [0.717, 1.165) is 6.07 Å². The van der Waals surface area contributed by atoms with Crippen molar-refractivity contribution in [3.8, 4) is 11.8 Å². The Morgan fingerprint density at radius 3 is 2.67 bits per heavy atom. The maximum atomic E-state index is 13.7. The average Bonchev–Trinajstić information content (AvgIpc) is 2.79. The van der Waals surface area contributed by atoms with Gasteiger partial charge in [0, 0.05) is 21.7 Å². The van der Waals surface area contributed by atoms with Gasteiger partial charge in [0.2, 0.25) is 5.60 Å². The van der Waals surface area contributed by atoms with Crippen molar-refractivity contribution in [1.29, 1.82) is 5.26 Å². The number of halogens is 3. The van der Waals surface area contributed by atoms with Gasteiger partial charge in [0.25, 0.3) is 0 Å². The number of ether oxygens (including phenoxy) is 1. The molecule has 0 amide bonds. The minimum Gasteiger partial charge on any atom is -0.464 e.